The summed E-state index contributed by atoms with van der Waals surface area (Å²) in [7, 11) is 0. The molecule has 2 rings (SSSR count). The maximum atomic E-state index is 11.7. The molecule has 6 heteroatoms. The number of thiazole rings is 1. The third-order valence-electron chi connectivity index (χ3n) is 2.36. The number of hydrogen-bond acceptors (Lipinski definition) is 4. The number of carbonyl (C=O) groups excluding carboxylic acids is 1. The number of ether oxygens (including phenoxy) is 1. The van der Waals surface area contributed by atoms with Crippen molar-refractivity contribution in [3.05, 3.63) is 9.98 Å². The molecule has 16 heavy (non-hydrogen) atoms. The number of amides is 1. The second-order valence-electron chi connectivity index (χ2n) is 3.88. The summed E-state index contributed by atoms with van der Waals surface area (Å²) < 4.78 is 6.36. The lowest BCUT2D eigenvalue weighted by atomic mass is 10.3. The highest BCUT2D eigenvalue weighted by Crippen LogP contribution is 2.29. The minimum absolute atomic E-state index is 0.137. The summed E-state index contributed by atoms with van der Waals surface area (Å²) in [4.78, 5) is 15.7. The van der Waals surface area contributed by atoms with E-state index in [0.717, 1.165) is 3.79 Å². The molecule has 1 saturated carbocycles. The molecule has 1 heterocycles. The zero-order chi connectivity index (χ0) is 11.5. The average Bonchev–Trinajstić information content (AvgIpc) is 2.99. The predicted molar refractivity (Wildman–Crippen MR) is 66.6 cm³/mol. The first kappa shape index (κ1) is 12.0. The van der Waals surface area contributed by atoms with Crippen LogP contribution in [0.3, 0.4) is 0 Å². The van der Waals surface area contributed by atoms with Crippen LogP contribution in [0.1, 0.15) is 19.8 Å². The van der Waals surface area contributed by atoms with E-state index in [1.54, 1.807) is 13.1 Å². The van der Waals surface area contributed by atoms with Gasteiger partial charge < -0.3 is 4.74 Å². The van der Waals surface area contributed by atoms with Crippen LogP contribution >= 0.6 is 27.3 Å². The Morgan fingerprint density at radius 3 is 3.12 bits per heavy atom. The molecule has 1 unspecified atom stereocenters. The number of carbonyl (C=O) groups is 1. The highest BCUT2D eigenvalue weighted by Gasteiger charge is 2.24. The molecular formula is C10H13BrN2O2S. The number of hydrogen-bond donors (Lipinski definition) is 1. The topological polar surface area (TPSA) is 51.2 Å². The largest absolute Gasteiger partial charge is 0.368 e. The van der Waals surface area contributed by atoms with Crippen LogP contribution in [0.5, 0.6) is 0 Å². The van der Waals surface area contributed by atoms with Gasteiger partial charge >= 0.3 is 0 Å². The van der Waals surface area contributed by atoms with Crippen molar-refractivity contribution in [2.24, 2.45) is 5.92 Å². The van der Waals surface area contributed by atoms with E-state index in [2.05, 4.69) is 26.2 Å². The van der Waals surface area contributed by atoms with Crippen LogP contribution in [0.2, 0.25) is 0 Å². The fourth-order valence-corrected chi connectivity index (χ4v) is 2.27. The summed E-state index contributed by atoms with van der Waals surface area (Å²) in [6.45, 7) is 2.45. The van der Waals surface area contributed by atoms with Crippen LogP contribution in [0.25, 0.3) is 0 Å². The molecule has 1 fully saturated rings. The monoisotopic (exact) mass is 304 g/mol. The van der Waals surface area contributed by atoms with Crippen LogP contribution in [0.4, 0.5) is 5.13 Å². The normalized spacial score (nSPS) is 17.1. The minimum Gasteiger partial charge on any atom is -0.368 e. The fraction of sp³-hybridized carbons (Fsp3) is 0.600. The lowest BCUT2D eigenvalue weighted by Crippen LogP contribution is -2.28. The van der Waals surface area contributed by atoms with Crippen molar-refractivity contribution in [1.82, 2.24) is 4.98 Å². The number of rotatable bonds is 5. The highest BCUT2D eigenvalue weighted by atomic mass is 79.9. The van der Waals surface area contributed by atoms with Crippen LogP contribution in [-0.4, -0.2) is 23.6 Å². The van der Waals surface area contributed by atoms with Gasteiger partial charge in [-0.15, -0.1) is 0 Å². The van der Waals surface area contributed by atoms with Crippen molar-refractivity contribution in [1.29, 1.82) is 0 Å². The average molecular weight is 305 g/mol. The summed E-state index contributed by atoms with van der Waals surface area (Å²) >= 11 is 4.68. The predicted octanol–water partition coefficient (Wildman–Crippen LogP) is 2.66. The quantitative estimate of drug-likeness (QED) is 0.910. The first-order valence-corrected chi connectivity index (χ1v) is 6.80. The Bertz CT molecular complexity index is 379. The molecule has 88 valence electrons. The standard InChI is InChI=1S/C10H13BrN2O2S/c1-6(15-5-7-2-3-7)9(14)13-10-12-4-8(11)16-10/h4,6-7H,2-3,5H2,1H3,(H,12,13,14). The molecule has 1 aromatic rings. The van der Waals surface area contributed by atoms with Gasteiger partial charge in [0.2, 0.25) is 0 Å². The lowest BCUT2D eigenvalue weighted by Gasteiger charge is -2.11. The zero-order valence-corrected chi connectivity index (χ0v) is 11.3. The summed E-state index contributed by atoms with van der Waals surface area (Å²) in [6.07, 6.45) is 3.71. The Hall–Kier alpha value is -0.460. The molecule has 1 aliphatic rings. The smallest absolute Gasteiger partial charge is 0.254 e. The van der Waals surface area contributed by atoms with Gasteiger partial charge in [0.25, 0.3) is 5.91 Å². The third kappa shape index (κ3) is 3.54. The number of anilines is 1. The van der Waals surface area contributed by atoms with Gasteiger partial charge in [-0.3, -0.25) is 10.1 Å². The van der Waals surface area contributed by atoms with E-state index in [1.807, 2.05) is 0 Å². The van der Waals surface area contributed by atoms with E-state index in [4.69, 9.17) is 4.74 Å². The number of nitrogens with one attached hydrogen (secondary N) is 1. The van der Waals surface area contributed by atoms with E-state index >= 15 is 0 Å². The number of nitrogens with zero attached hydrogens (tertiary/aromatic N) is 1. The maximum absolute atomic E-state index is 11.7. The van der Waals surface area contributed by atoms with Crippen LogP contribution < -0.4 is 5.32 Å². The molecular weight excluding hydrogens is 292 g/mol. The molecule has 0 aliphatic heterocycles. The number of halogens is 1. The Labute approximate surface area is 107 Å². The molecule has 0 radical (unpaired) electrons. The molecule has 0 spiro atoms. The summed E-state index contributed by atoms with van der Waals surface area (Å²) in [5, 5.41) is 3.32. The van der Waals surface area contributed by atoms with E-state index in [9.17, 15) is 4.79 Å². The third-order valence-corrected chi connectivity index (χ3v) is 3.75. The Balaban J connectivity index is 1.77. The lowest BCUT2D eigenvalue weighted by molar-refractivity contribution is -0.126. The van der Waals surface area contributed by atoms with Gasteiger partial charge in [-0.05, 0) is 41.6 Å². The highest BCUT2D eigenvalue weighted by molar-refractivity contribution is 9.11. The van der Waals surface area contributed by atoms with E-state index < -0.39 is 6.10 Å². The van der Waals surface area contributed by atoms with Crippen molar-refractivity contribution in [3.63, 3.8) is 0 Å². The minimum atomic E-state index is -0.414. The second kappa shape index (κ2) is 5.25. The first-order chi connectivity index (χ1) is 7.65. The maximum Gasteiger partial charge on any atom is 0.254 e. The van der Waals surface area contributed by atoms with Crippen molar-refractivity contribution in [2.75, 3.05) is 11.9 Å². The van der Waals surface area contributed by atoms with Gasteiger partial charge in [-0.25, -0.2) is 4.98 Å². The molecule has 0 saturated heterocycles. The van der Waals surface area contributed by atoms with Crippen LogP contribution in [0, 0.1) is 5.92 Å². The van der Waals surface area contributed by atoms with Gasteiger partial charge in [-0.1, -0.05) is 11.3 Å². The fourth-order valence-electron chi connectivity index (χ4n) is 1.16. The van der Waals surface area contributed by atoms with Crippen molar-refractivity contribution in [3.8, 4) is 0 Å². The molecule has 1 aliphatic carbocycles. The van der Waals surface area contributed by atoms with E-state index in [0.29, 0.717) is 17.7 Å². The Morgan fingerprint density at radius 2 is 2.56 bits per heavy atom. The van der Waals surface area contributed by atoms with Crippen LogP contribution in [-0.2, 0) is 9.53 Å². The molecule has 4 nitrogen and oxygen atoms in total. The Morgan fingerprint density at radius 1 is 1.81 bits per heavy atom. The molecule has 1 aromatic heterocycles. The molecule has 1 amide bonds. The molecule has 0 bridgehead atoms. The summed E-state index contributed by atoms with van der Waals surface area (Å²) in [5.41, 5.74) is 0. The number of aromatic nitrogens is 1. The first-order valence-electron chi connectivity index (χ1n) is 5.19. The van der Waals surface area contributed by atoms with Gasteiger partial charge in [0.1, 0.15) is 6.10 Å². The van der Waals surface area contributed by atoms with Gasteiger partial charge in [-0.2, -0.15) is 0 Å². The Kier molecular flexibility index (Phi) is 3.94. The molecule has 0 aromatic carbocycles. The van der Waals surface area contributed by atoms with Gasteiger partial charge in [0.15, 0.2) is 5.13 Å². The van der Waals surface area contributed by atoms with Crippen molar-refractivity contribution in [2.45, 2.75) is 25.9 Å². The van der Waals surface area contributed by atoms with Crippen molar-refractivity contribution < 1.29 is 9.53 Å². The second-order valence-corrected chi connectivity index (χ2v) is 6.29. The molecule has 1 N–H and O–H groups in total. The summed E-state index contributed by atoms with van der Waals surface area (Å²) in [6, 6.07) is 0. The van der Waals surface area contributed by atoms with Gasteiger partial charge in [0.05, 0.1) is 16.6 Å². The van der Waals surface area contributed by atoms with Gasteiger partial charge in [0, 0.05) is 0 Å². The van der Waals surface area contributed by atoms with E-state index in [1.165, 1.54) is 24.2 Å². The molecule has 1 atom stereocenters. The van der Waals surface area contributed by atoms with Crippen molar-refractivity contribution >= 4 is 38.3 Å². The summed E-state index contributed by atoms with van der Waals surface area (Å²) in [5.74, 6) is 0.534. The zero-order valence-electron chi connectivity index (χ0n) is 8.90. The van der Waals surface area contributed by atoms with Crippen LogP contribution in [0.15, 0.2) is 9.98 Å². The van der Waals surface area contributed by atoms with E-state index in [-0.39, 0.29) is 5.91 Å². The SMILES string of the molecule is CC(OCC1CC1)C(=O)Nc1ncc(Br)s1.